The maximum absolute atomic E-state index is 12.8. The number of carboxylic acids is 1. The van der Waals surface area contributed by atoms with Crippen molar-refractivity contribution in [2.75, 3.05) is 13.2 Å². The minimum absolute atomic E-state index is 0.0377. The molecule has 2 unspecified atom stereocenters. The van der Waals surface area contributed by atoms with Gasteiger partial charge in [-0.25, -0.2) is 4.79 Å². The number of unbranched alkanes of at least 4 members (excludes halogenated alkanes) is 25. The van der Waals surface area contributed by atoms with Crippen molar-refractivity contribution in [3.8, 4) is 0 Å². The lowest BCUT2D eigenvalue weighted by Gasteiger charge is -2.18. The van der Waals surface area contributed by atoms with Crippen LogP contribution in [0, 0.1) is 0 Å². The van der Waals surface area contributed by atoms with E-state index in [0.29, 0.717) is 19.3 Å². The van der Waals surface area contributed by atoms with Gasteiger partial charge in [-0.15, -0.1) is 0 Å². The molecule has 4 N–H and O–H groups in total. The van der Waals surface area contributed by atoms with Crippen LogP contribution in [0.4, 0.5) is 0 Å². The van der Waals surface area contributed by atoms with Crippen molar-refractivity contribution < 1.29 is 34.1 Å². The smallest absolute Gasteiger partial charge is 0.328 e. The summed E-state index contributed by atoms with van der Waals surface area (Å²) >= 11 is 0. The van der Waals surface area contributed by atoms with Gasteiger partial charge in [-0.1, -0.05) is 167 Å². The highest BCUT2D eigenvalue weighted by atomic mass is 16.5. The Morgan fingerprint density at radius 1 is 0.537 bits per heavy atom. The molecule has 0 rings (SSSR count). The van der Waals surface area contributed by atoms with Crippen LogP contribution in [0.2, 0.25) is 0 Å². The molecule has 0 heterocycles. The third-order valence-corrected chi connectivity index (χ3v) is 10.3. The first-order valence-electron chi connectivity index (χ1n) is 22.6. The van der Waals surface area contributed by atoms with Crippen LogP contribution in [-0.2, 0) is 23.9 Å². The van der Waals surface area contributed by atoms with E-state index < -0.39 is 24.5 Å². The van der Waals surface area contributed by atoms with Crippen molar-refractivity contribution in [2.24, 2.45) is 0 Å². The summed E-state index contributed by atoms with van der Waals surface area (Å²) in [5.41, 5.74) is 0. The molecule has 0 spiro atoms. The summed E-state index contributed by atoms with van der Waals surface area (Å²) in [6.45, 7) is 3.49. The van der Waals surface area contributed by atoms with Gasteiger partial charge in [-0.2, -0.15) is 0 Å². The number of nitrogens with one attached hydrogen (secondary N) is 2. The molecule has 0 saturated carbocycles. The monoisotopic (exact) mass is 765 g/mol. The number of amides is 2. The summed E-state index contributed by atoms with van der Waals surface area (Å²) in [5, 5.41) is 22.6. The predicted octanol–water partition coefficient (Wildman–Crippen LogP) is 11.0. The number of aliphatic hydroxyl groups excluding tert-OH is 1. The Morgan fingerprint density at radius 2 is 0.963 bits per heavy atom. The molecular weight excluding hydrogens is 681 g/mol. The zero-order valence-corrected chi connectivity index (χ0v) is 35.0. The lowest BCUT2D eigenvalue weighted by molar-refractivity contribution is -0.150. The van der Waals surface area contributed by atoms with Gasteiger partial charge in [-0.05, 0) is 57.8 Å². The minimum atomic E-state index is -1.38. The average Bonchev–Trinajstić information content (AvgIpc) is 3.15. The van der Waals surface area contributed by atoms with E-state index in [0.717, 1.165) is 70.6 Å². The Hall–Kier alpha value is -2.42. The van der Waals surface area contributed by atoms with Crippen molar-refractivity contribution in [2.45, 2.75) is 238 Å². The van der Waals surface area contributed by atoms with E-state index in [1.54, 1.807) is 0 Å². The maximum Gasteiger partial charge on any atom is 0.328 e. The largest absolute Gasteiger partial charge is 0.480 e. The van der Waals surface area contributed by atoms with E-state index in [-0.39, 0.29) is 24.5 Å². The number of aliphatic carboxylic acids is 1. The number of esters is 1. The van der Waals surface area contributed by atoms with E-state index >= 15 is 0 Å². The first-order valence-corrected chi connectivity index (χ1v) is 22.6. The average molecular weight is 765 g/mol. The second kappa shape index (κ2) is 40.2. The fourth-order valence-corrected chi connectivity index (χ4v) is 6.78. The Bertz CT molecular complexity index is 926. The summed E-state index contributed by atoms with van der Waals surface area (Å²) in [4.78, 5) is 47.6. The number of carboxylic acid groups (broad SMARTS) is 1. The van der Waals surface area contributed by atoms with Crippen molar-refractivity contribution >= 4 is 23.8 Å². The van der Waals surface area contributed by atoms with Gasteiger partial charge in [0.05, 0.1) is 13.2 Å². The van der Waals surface area contributed by atoms with Crippen molar-refractivity contribution in [1.29, 1.82) is 0 Å². The molecule has 2 atom stereocenters. The quantitative estimate of drug-likeness (QED) is 0.0276. The Morgan fingerprint density at radius 3 is 1.46 bits per heavy atom. The van der Waals surface area contributed by atoms with Crippen molar-refractivity contribution in [3.63, 3.8) is 0 Å². The van der Waals surface area contributed by atoms with Crippen LogP contribution in [0.25, 0.3) is 0 Å². The topological polar surface area (TPSA) is 142 Å². The standard InChI is InChI=1S/C45H84N2O7/c1-3-5-7-9-11-13-15-16-17-18-20-22-24-29-33-37-44(51)54-40(34-30-26-23-21-19-14-12-10-8-6-4-2)35-31-27-25-28-32-36-42(49)46-38-43(50)47-41(39-48)45(52)53/h21,23,40-41,48H,3-20,22,24-39H2,1-2H3,(H,46,49)(H,47,50)(H,52,53)/b23-21-. The fraction of sp³-hybridized carbons (Fsp3) is 0.867. The number of carbonyl (C=O) groups is 4. The second-order valence-corrected chi connectivity index (χ2v) is 15.5. The van der Waals surface area contributed by atoms with Crippen LogP contribution in [0.5, 0.6) is 0 Å². The zero-order valence-electron chi connectivity index (χ0n) is 35.0. The highest BCUT2D eigenvalue weighted by Gasteiger charge is 2.19. The molecule has 0 bridgehead atoms. The molecule has 0 aliphatic heterocycles. The van der Waals surface area contributed by atoms with Gasteiger partial charge in [0.1, 0.15) is 12.1 Å². The molecule has 0 aromatic rings. The van der Waals surface area contributed by atoms with E-state index in [4.69, 9.17) is 14.9 Å². The second-order valence-electron chi connectivity index (χ2n) is 15.5. The molecule has 0 aliphatic rings. The summed E-state index contributed by atoms with van der Waals surface area (Å²) in [5.74, 6) is -2.30. The van der Waals surface area contributed by atoms with Gasteiger partial charge in [-0.3, -0.25) is 14.4 Å². The van der Waals surface area contributed by atoms with Gasteiger partial charge in [0, 0.05) is 12.8 Å². The van der Waals surface area contributed by atoms with E-state index in [1.165, 1.54) is 122 Å². The minimum Gasteiger partial charge on any atom is -0.480 e. The Kier molecular flexibility index (Phi) is 38.4. The molecule has 54 heavy (non-hydrogen) atoms. The lowest BCUT2D eigenvalue weighted by atomic mass is 10.0. The van der Waals surface area contributed by atoms with Gasteiger partial charge in [0.15, 0.2) is 0 Å². The lowest BCUT2D eigenvalue weighted by Crippen LogP contribution is -2.47. The van der Waals surface area contributed by atoms with Gasteiger partial charge < -0.3 is 25.6 Å². The van der Waals surface area contributed by atoms with Crippen LogP contribution < -0.4 is 10.6 Å². The molecule has 2 amide bonds. The molecule has 0 aromatic carbocycles. The fourth-order valence-electron chi connectivity index (χ4n) is 6.78. The number of hydrogen-bond donors (Lipinski definition) is 4. The molecule has 0 saturated heterocycles. The molecule has 0 aliphatic carbocycles. The third kappa shape index (κ3) is 36.6. The van der Waals surface area contributed by atoms with Gasteiger partial charge >= 0.3 is 11.9 Å². The maximum atomic E-state index is 12.8. The van der Waals surface area contributed by atoms with Gasteiger partial charge in [0.25, 0.3) is 0 Å². The van der Waals surface area contributed by atoms with E-state index in [9.17, 15) is 19.2 Å². The van der Waals surface area contributed by atoms with E-state index in [2.05, 4.69) is 36.6 Å². The molecule has 0 radical (unpaired) electrons. The molecule has 9 heteroatoms. The van der Waals surface area contributed by atoms with Crippen LogP contribution in [0.1, 0.15) is 226 Å². The van der Waals surface area contributed by atoms with Crippen molar-refractivity contribution in [1.82, 2.24) is 10.6 Å². The summed E-state index contributed by atoms with van der Waals surface area (Å²) in [6, 6.07) is -1.38. The highest BCUT2D eigenvalue weighted by Crippen LogP contribution is 2.18. The van der Waals surface area contributed by atoms with Crippen LogP contribution in [0.3, 0.4) is 0 Å². The Labute approximate surface area is 331 Å². The number of rotatable bonds is 41. The van der Waals surface area contributed by atoms with Crippen LogP contribution in [0.15, 0.2) is 12.2 Å². The van der Waals surface area contributed by atoms with E-state index in [1.807, 2.05) is 0 Å². The first kappa shape index (κ1) is 51.6. The van der Waals surface area contributed by atoms with Crippen LogP contribution in [-0.4, -0.2) is 59.3 Å². The third-order valence-electron chi connectivity index (χ3n) is 10.3. The highest BCUT2D eigenvalue weighted by molar-refractivity contribution is 5.87. The number of carbonyl (C=O) groups excluding carboxylic acids is 3. The molecule has 0 aromatic heterocycles. The normalized spacial score (nSPS) is 12.5. The summed E-state index contributed by atoms with van der Waals surface area (Å²) < 4.78 is 6.02. The Balaban J connectivity index is 4.28. The predicted molar refractivity (Wildman–Crippen MR) is 222 cm³/mol. The molecule has 9 nitrogen and oxygen atoms in total. The number of allylic oxidation sites excluding steroid dienone is 2. The SMILES string of the molecule is CCCCCCCC/C=C\CCCC(CCCCCCCC(=O)NCC(=O)NC(CO)C(=O)O)OC(=O)CCCCCCCCCCCCCCCCC. The first-order chi connectivity index (χ1) is 26.3. The van der Waals surface area contributed by atoms with Crippen molar-refractivity contribution in [3.05, 3.63) is 12.2 Å². The number of ether oxygens (including phenoxy) is 1. The van der Waals surface area contributed by atoms with Crippen LogP contribution >= 0.6 is 0 Å². The molecular formula is C45H84N2O7. The molecule has 316 valence electrons. The zero-order chi connectivity index (χ0) is 39.7. The summed E-state index contributed by atoms with van der Waals surface area (Å²) in [6.07, 6.45) is 42.4. The molecule has 0 fully saturated rings. The summed E-state index contributed by atoms with van der Waals surface area (Å²) in [7, 11) is 0. The van der Waals surface area contributed by atoms with Gasteiger partial charge in [0.2, 0.25) is 11.8 Å². The number of hydrogen-bond acceptors (Lipinski definition) is 6. The number of aliphatic hydroxyl groups is 1.